The largest absolute Gasteiger partial charge is 0.505 e. The van der Waals surface area contributed by atoms with E-state index >= 15 is 0 Å². The second-order valence-electron chi connectivity index (χ2n) is 12.6. The van der Waals surface area contributed by atoms with Gasteiger partial charge in [-0.15, -0.1) is 10.2 Å². The maximum atomic E-state index is 12.6. The number of hydrogen-bond acceptors (Lipinski definition) is 19. The predicted octanol–water partition coefficient (Wildman–Crippen LogP) is 3.51. The molecular weight excluding hydrogens is 986 g/mol. The van der Waals surface area contributed by atoms with E-state index < -0.39 is 147 Å². The fourth-order valence-corrected chi connectivity index (χ4v) is 11.1. The van der Waals surface area contributed by atoms with Crippen molar-refractivity contribution in [2.75, 3.05) is 16.8 Å². The Bertz CT molecular complexity index is 3720. The Labute approximate surface area is 359 Å². The average Bonchev–Trinajstić information content (AvgIpc) is 3.14. The standard InChI is InChI=1S/C31H24ClN7O18S6/c32-29-35-30(33-16-4-6-17(7-5-16)58(41,42)10-11-59(43,44)45)37-31(36-29)34-22-14-18(60(46,47)48)12-15-13-24(62(52,53)54)26(27(40)25(15)22)39-38-21-9-8-19-20(28(21)63(55,56)57)2-1-3-23(19)61(49,50)51/h1-9,12-14,40H,10-11H2,(H,43,44,45)(H,46,47,48)(H,49,50,51)(H,52,53,54)(H,55,56,57)(H2,33,34,35,36,37). The SMILES string of the molecule is O=S(=O)(O)CCS(=O)(=O)c1ccc(Nc2nc(Cl)[nH]c(=Nc3cc(S(=O)(=O)O)cc4cc(S(=O)(=O)O)c(N=Nc5ccc6c(S(=O)(=O)O)cccc6c5S(=O)(=O)O)c(O)c34)n2)cc1. The van der Waals surface area contributed by atoms with Crippen LogP contribution >= 0.6 is 11.6 Å². The molecule has 0 radical (unpaired) electrons. The number of halogens is 1. The molecule has 1 heterocycles. The topological polar surface area (TPSA) is 417 Å². The fraction of sp³-hybridized carbons (Fsp3) is 0.0645. The van der Waals surface area contributed by atoms with Crippen molar-refractivity contribution < 1.29 is 78.4 Å². The lowest BCUT2D eigenvalue weighted by atomic mass is 10.1. The van der Waals surface area contributed by atoms with Crippen molar-refractivity contribution in [1.29, 1.82) is 0 Å². The molecule has 1 aromatic heterocycles. The number of aromatic nitrogens is 3. The average molecular weight is 1010 g/mol. The Morgan fingerprint density at radius 3 is 1.87 bits per heavy atom. The summed E-state index contributed by atoms with van der Waals surface area (Å²) in [4.78, 5) is 10.1. The number of aromatic amines is 1. The molecule has 0 spiro atoms. The normalized spacial score (nSPS) is 13.6. The molecule has 8 N–H and O–H groups in total. The van der Waals surface area contributed by atoms with Gasteiger partial charge in [0.25, 0.3) is 50.6 Å². The molecule has 0 aliphatic rings. The summed E-state index contributed by atoms with van der Waals surface area (Å²) in [6, 6.07) is 11.1. The van der Waals surface area contributed by atoms with Crippen LogP contribution in [0.4, 0.5) is 28.7 Å². The Morgan fingerprint density at radius 1 is 0.635 bits per heavy atom. The van der Waals surface area contributed by atoms with Gasteiger partial charge in [-0.1, -0.05) is 18.2 Å². The number of H-pyrrole nitrogens is 1. The number of aromatic hydroxyl groups is 1. The van der Waals surface area contributed by atoms with Crippen LogP contribution in [-0.4, -0.2) is 105 Å². The molecule has 0 bridgehead atoms. The fourth-order valence-electron chi connectivity index (χ4n) is 5.73. The van der Waals surface area contributed by atoms with Crippen molar-refractivity contribution >= 4 is 122 Å². The number of nitrogens with zero attached hydrogens (tertiary/aromatic N) is 5. The zero-order valence-corrected chi connectivity index (χ0v) is 36.1. The van der Waals surface area contributed by atoms with Crippen molar-refractivity contribution in [1.82, 2.24) is 15.0 Å². The highest BCUT2D eigenvalue weighted by molar-refractivity contribution is 7.93. The van der Waals surface area contributed by atoms with E-state index in [2.05, 4.69) is 35.5 Å². The number of benzene rings is 5. The van der Waals surface area contributed by atoms with Crippen LogP contribution in [0.15, 0.2) is 112 Å². The number of rotatable bonds is 13. The smallest absolute Gasteiger partial charge is 0.297 e. The lowest BCUT2D eigenvalue weighted by molar-refractivity contribution is 0.472. The van der Waals surface area contributed by atoms with Gasteiger partial charge in [0.2, 0.25) is 16.9 Å². The number of phenolic OH excluding ortho intramolecular Hbond substituents is 1. The first-order valence-corrected chi connectivity index (χ1v) is 25.8. The molecule has 0 amide bonds. The number of hydrogen-bond donors (Lipinski definition) is 8. The molecule has 63 heavy (non-hydrogen) atoms. The van der Waals surface area contributed by atoms with Crippen LogP contribution in [0.1, 0.15) is 0 Å². The number of nitrogens with one attached hydrogen (secondary N) is 2. The van der Waals surface area contributed by atoms with Crippen LogP contribution in [0.2, 0.25) is 5.28 Å². The van der Waals surface area contributed by atoms with Gasteiger partial charge in [0.15, 0.2) is 15.6 Å². The molecule has 0 aliphatic heterocycles. The third kappa shape index (κ3) is 10.6. The quantitative estimate of drug-likeness (QED) is 0.0606. The maximum Gasteiger partial charge on any atom is 0.297 e. The van der Waals surface area contributed by atoms with Gasteiger partial charge in [-0.2, -0.15) is 52.1 Å². The maximum absolute atomic E-state index is 12.6. The second kappa shape index (κ2) is 16.5. The lowest BCUT2D eigenvalue weighted by Gasteiger charge is -2.13. The van der Waals surface area contributed by atoms with E-state index in [0.717, 1.165) is 42.5 Å². The van der Waals surface area contributed by atoms with Crippen LogP contribution in [0.25, 0.3) is 21.5 Å². The van der Waals surface area contributed by atoms with E-state index in [-0.39, 0.29) is 16.5 Å². The third-order valence-electron chi connectivity index (χ3n) is 8.36. The van der Waals surface area contributed by atoms with Gasteiger partial charge in [0.05, 0.1) is 32.4 Å². The molecule has 0 fully saturated rings. The van der Waals surface area contributed by atoms with Gasteiger partial charge in [-0.3, -0.25) is 27.7 Å². The predicted molar refractivity (Wildman–Crippen MR) is 218 cm³/mol. The Kier molecular flexibility index (Phi) is 12.3. The minimum Gasteiger partial charge on any atom is -0.505 e. The van der Waals surface area contributed by atoms with E-state index in [1.54, 1.807) is 0 Å². The minimum atomic E-state index is -5.47. The summed E-state index contributed by atoms with van der Waals surface area (Å²) in [7, 11) is -29.7. The van der Waals surface area contributed by atoms with E-state index in [1.807, 2.05) is 0 Å². The van der Waals surface area contributed by atoms with Crippen LogP contribution in [0, 0.1) is 0 Å². The molecule has 0 aliphatic carbocycles. The van der Waals surface area contributed by atoms with Gasteiger partial charge in [-0.05, 0) is 71.6 Å². The minimum absolute atomic E-state index is 0.114. The zero-order chi connectivity index (χ0) is 46.7. The van der Waals surface area contributed by atoms with Gasteiger partial charge < -0.3 is 10.4 Å². The molecule has 0 saturated carbocycles. The number of sulfone groups is 1. The number of azo groups is 1. The first-order chi connectivity index (χ1) is 28.9. The molecule has 6 rings (SSSR count). The van der Waals surface area contributed by atoms with Crippen LogP contribution in [-0.2, 0) is 60.4 Å². The number of phenols is 1. The van der Waals surface area contributed by atoms with Crippen molar-refractivity contribution in [2.24, 2.45) is 15.2 Å². The Morgan fingerprint density at radius 2 is 1.29 bits per heavy atom. The first kappa shape index (κ1) is 46.9. The summed E-state index contributed by atoms with van der Waals surface area (Å²) < 4.78 is 195. The summed E-state index contributed by atoms with van der Waals surface area (Å²) >= 11 is 6.13. The Balaban J connectivity index is 1.52. The number of fused-ring (bicyclic) bond motifs is 2. The van der Waals surface area contributed by atoms with Crippen LogP contribution in [0.5, 0.6) is 5.75 Å². The summed E-state index contributed by atoms with van der Waals surface area (Å²) in [5.74, 6) is -3.59. The summed E-state index contributed by atoms with van der Waals surface area (Å²) in [6.45, 7) is 0. The van der Waals surface area contributed by atoms with E-state index in [1.165, 1.54) is 12.1 Å². The molecular formula is C31H24ClN7O18S6. The molecule has 5 aromatic carbocycles. The Hall–Kier alpha value is -5.58. The van der Waals surface area contributed by atoms with Gasteiger partial charge in [-0.25, -0.2) is 13.4 Å². The monoisotopic (exact) mass is 1010 g/mol. The highest BCUT2D eigenvalue weighted by atomic mass is 35.5. The van der Waals surface area contributed by atoms with E-state index in [0.29, 0.717) is 18.2 Å². The van der Waals surface area contributed by atoms with Crippen LogP contribution < -0.4 is 10.9 Å². The molecule has 25 nitrogen and oxygen atoms in total. The highest BCUT2D eigenvalue weighted by Gasteiger charge is 2.28. The summed E-state index contributed by atoms with van der Waals surface area (Å²) in [6.07, 6.45) is 0. The van der Waals surface area contributed by atoms with Crippen molar-refractivity contribution in [2.45, 2.75) is 24.5 Å². The molecule has 6 aromatic rings. The zero-order valence-electron chi connectivity index (χ0n) is 30.5. The van der Waals surface area contributed by atoms with Gasteiger partial charge >= 0.3 is 0 Å². The molecule has 334 valence electrons. The lowest BCUT2D eigenvalue weighted by Crippen LogP contribution is -2.17. The molecule has 0 saturated heterocycles. The van der Waals surface area contributed by atoms with E-state index in [9.17, 15) is 73.8 Å². The summed E-state index contributed by atoms with van der Waals surface area (Å²) in [5.41, 5.74) is -3.03. The van der Waals surface area contributed by atoms with Crippen LogP contribution in [0.3, 0.4) is 0 Å². The number of anilines is 2. The second-order valence-corrected chi connectivity index (χ2v) is 22.2. The van der Waals surface area contributed by atoms with Crippen molar-refractivity contribution in [3.63, 3.8) is 0 Å². The molecule has 0 unspecified atom stereocenters. The van der Waals surface area contributed by atoms with Gasteiger partial charge in [0, 0.05) is 16.5 Å². The van der Waals surface area contributed by atoms with Crippen molar-refractivity contribution in [3.05, 3.63) is 83.7 Å². The summed E-state index contributed by atoms with van der Waals surface area (Å²) in [5, 5.41) is 19.0. The third-order valence-corrected chi connectivity index (χ3v) is 14.8. The first-order valence-electron chi connectivity index (χ1n) is 16.4. The van der Waals surface area contributed by atoms with E-state index in [4.69, 9.17) is 16.2 Å². The van der Waals surface area contributed by atoms with Crippen molar-refractivity contribution in [3.8, 4) is 5.75 Å². The highest BCUT2D eigenvalue weighted by Crippen LogP contribution is 2.46. The van der Waals surface area contributed by atoms with Gasteiger partial charge in [0.1, 0.15) is 26.1 Å². The molecule has 32 heteroatoms. The molecule has 0 atom stereocenters.